The summed E-state index contributed by atoms with van der Waals surface area (Å²) in [4.78, 5) is 16.8. The molecule has 1 unspecified atom stereocenters. The van der Waals surface area contributed by atoms with Crippen LogP contribution in [-0.4, -0.2) is 16.0 Å². The zero-order chi connectivity index (χ0) is 17.6. The van der Waals surface area contributed by atoms with E-state index >= 15 is 0 Å². The third kappa shape index (κ3) is 4.12. The van der Waals surface area contributed by atoms with Crippen molar-refractivity contribution < 1.29 is 9.32 Å². The number of amides is 1. The van der Waals surface area contributed by atoms with Gasteiger partial charge in [0.05, 0.1) is 12.5 Å². The van der Waals surface area contributed by atoms with Crippen molar-refractivity contribution in [1.82, 2.24) is 15.5 Å². The number of carbonyl (C=O) groups is 1. The molecule has 0 saturated heterocycles. The molecule has 1 aromatic heterocycles. The van der Waals surface area contributed by atoms with Gasteiger partial charge in [-0.05, 0) is 18.9 Å². The van der Waals surface area contributed by atoms with Crippen LogP contribution >= 0.6 is 0 Å². The Morgan fingerprint density at radius 2 is 1.84 bits per heavy atom. The van der Waals surface area contributed by atoms with E-state index in [9.17, 15) is 4.79 Å². The maximum Gasteiger partial charge on any atom is 0.246 e. The minimum atomic E-state index is -0.180. The first-order chi connectivity index (χ1) is 12.2. The van der Waals surface area contributed by atoms with Crippen LogP contribution in [0.1, 0.15) is 36.3 Å². The average Bonchev–Trinajstić information content (AvgIpc) is 3.11. The van der Waals surface area contributed by atoms with Gasteiger partial charge in [-0.2, -0.15) is 4.98 Å². The average molecular weight is 335 g/mol. The Morgan fingerprint density at radius 3 is 2.52 bits per heavy atom. The minimum absolute atomic E-state index is 0.0382. The second-order valence-electron chi connectivity index (χ2n) is 5.97. The van der Waals surface area contributed by atoms with Gasteiger partial charge in [-0.15, -0.1) is 0 Å². The summed E-state index contributed by atoms with van der Waals surface area (Å²) >= 11 is 0. The van der Waals surface area contributed by atoms with E-state index in [4.69, 9.17) is 4.52 Å². The van der Waals surface area contributed by atoms with Gasteiger partial charge in [-0.3, -0.25) is 4.79 Å². The topological polar surface area (TPSA) is 68.0 Å². The highest BCUT2D eigenvalue weighted by atomic mass is 16.5. The number of aromatic nitrogens is 2. The molecule has 0 aliphatic rings. The molecule has 0 bridgehead atoms. The molecular weight excluding hydrogens is 314 g/mol. The third-order valence-electron chi connectivity index (χ3n) is 4.12. The summed E-state index contributed by atoms with van der Waals surface area (Å²) < 4.78 is 5.24. The smallest absolute Gasteiger partial charge is 0.246 e. The van der Waals surface area contributed by atoms with Crippen LogP contribution in [-0.2, 0) is 11.3 Å². The molecule has 25 heavy (non-hydrogen) atoms. The maximum absolute atomic E-state index is 12.5. The lowest BCUT2D eigenvalue weighted by molar-refractivity contribution is -0.122. The summed E-state index contributed by atoms with van der Waals surface area (Å²) in [5.74, 6) is 0.704. The summed E-state index contributed by atoms with van der Waals surface area (Å²) in [5.41, 5.74) is 3.07. The van der Waals surface area contributed by atoms with E-state index in [1.54, 1.807) is 0 Å². The number of benzene rings is 2. The Balaban J connectivity index is 1.63. The molecule has 1 heterocycles. The lowest BCUT2D eigenvalue weighted by Gasteiger charge is -2.14. The van der Waals surface area contributed by atoms with E-state index in [0.717, 1.165) is 17.5 Å². The molecular formula is C20H21N3O2. The van der Waals surface area contributed by atoms with Crippen molar-refractivity contribution in [3.05, 3.63) is 71.6 Å². The van der Waals surface area contributed by atoms with Crippen LogP contribution in [0.4, 0.5) is 0 Å². The number of hydrogen-bond acceptors (Lipinski definition) is 4. The van der Waals surface area contributed by atoms with Crippen molar-refractivity contribution in [1.29, 1.82) is 0 Å². The Labute approximate surface area is 147 Å². The van der Waals surface area contributed by atoms with Crippen LogP contribution in [0.15, 0.2) is 59.1 Å². The minimum Gasteiger partial charge on any atom is -0.346 e. The van der Waals surface area contributed by atoms with Crippen LogP contribution in [0, 0.1) is 6.92 Å². The predicted octanol–water partition coefficient (Wildman–Crippen LogP) is 3.86. The van der Waals surface area contributed by atoms with E-state index < -0.39 is 0 Å². The number of nitrogens with one attached hydrogen (secondary N) is 1. The van der Waals surface area contributed by atoms with Gasteiger partial charge in [0.15, 0.2) is 0 Å². The molecule has 0 fully saturated rings. The fourth-order valence-electron chi connectivity index (χ4n) is 2.69. The van der Waals surface area contributed by atoms with Crippen molar-refractivity contribution in [2.75, 3.05) is 0 Å². The SMILES string of the molecule is CCC(C(=O)NCc1nc(-c2ccc(C)cc2)no1)c1ccccc1. The van der Waals surface area contributed by atoms with Crippen LogP contribution in [0.25, 0.3) is 11.4 Å². The molecule has 0 saturated carbocycles. The first kappa shape index (κ1) is 16.9. The second kappa shape index (κ2) is 7.75. The van der Waals surface area contributed by atoms with Crippen LogP contribution in [0.2, 0.25) is 0 Å². The van der Waals surface area contributed by atoms with Gasteiger partial charge in [-0.25, -0.2) is 0 Å². The van der Waals surface area contributed by atoms with Crippen LogP contribution in [0.5, 0.6) is 0 Å². The Bertz CT molecular complexity index is 826. The number of carbonyl (C=O) groups excluding carboxylic acids is 1. The fraction of sp³-hybridized carbons (Fsp3) is 0.250. The molecule has 0 spiro atoms. The number of nitrogens with zero attached hydrogens (tertiary/aromatic N) is 2. The molecule has 1 amide bonds. The van der Waals surface area contributed by atoms with E-state index in [2.05, 4.69) is 15.5 Å². The van der Waals surface area contributed by atoms with E-state index in [1.807, 2.05) is 68.4 Å². The standard InChI is InChI=1S/C20H21N3O2/c1-3-17(15-7-5-4-6-8-15)20(24)21-13-18-22-19(23-25-18)16-11-9-14(2)10-12-16/h4-12,17H,3,13H2,1-2H3,(H,21,24). The van der Waals surface area contributed by atoms with E-state index in [0.29, 0.717) is 11.7 Å². The molecule has 0 aliphatic carbocycles. The van der Waals surface area contributed by atoms with Gasteiger partial charge in [0.1, 0.15) is 0 Å². The van der Waals surface area contributed by atoms with Crippen molar-refractivity contribution >= 4 is 5.91 Å². The largest absolute Gasteiger partial charge is 0.346 e. The molecule has 3 aromatic rings. The Morgan fingerprint density at radius 1 is 1.12 bits per heavy atom. The van der Waals surface area contributed by atoms with Gasteiger partial charge >= 0.3 is 0 Å². The summed E-state index contributed by atoms with van der Waals surface area (Å²) in [5, 5.41) is 6.87. The van der Waals surface area contributed by atoms with Crippen molar-refractivity contribution in [2.45, 2.75) is 32.7 Å². The van der Waals surface area contributed by atoms with Gasteiger partial charge < -0.3 is 9.84 Å². The summed E-state index contributed by atoms with van der Waals surface area (Å²) in [6, 6.07) is 17.7. The number of rotatable bonds is 6. The van der Waals surface area contributed by atoms with Crippen LogP contribution < -0.4 is 5.32 Å². The van der Waals surface area contributed by atoms with Gasteiger partial charge in [-0.1, -0.05) is 72.2 Å². The molecule has 0 aliphatic heterocycles. The summed E-state index contributed by atoms with van der Waals surface area (Å²) in [7, 11) is 0. The van der Waals surface area contributed by atoms with E-state index in [1.165, 1.54) is 5.56 Å². The molecule has 5 heteroatoms. The van der Waals surface area contributed by atoms with E-state index in [-0.39, 0.29) is 18.4 Å². The van der Waals surface area contributed by atoms with Crippen molar-refractivity contribution in [3.63, 3.8) is 0 Å². The maximum atomic E-state index is 12.5. The predicted molar refractivity (Wildman–Crippen MR) is 95.8 cm³/mol. The zero-order valence-electron chi connectivity index (χ0n) is 14.4. The molecule has 0 radical (unpaired) electrons. The Kier molecular flexibility index (Phi) is 5.23. The lowest BCUT2D eigenvalue weighted by atomic mass is 9.96. The zero-order valence-corrected chi connectivity index (χ0v) is 14.4. The highest BCUT2D eigenvalue weighted by Gasteiger charge is 2.19. The molecule has 128 valence electrons. The molecule has 3 rings (SSSR count). The fourth-order valence-corrected chi connectivity index (χ4v) is 2.69. The lowest BCUT2D eigenvalue weighted by Crippen LogP contribution is -2.28. The van der Waals surface area contributed by atoms with Crippen molar-refractivity contribution in [3.8, 4) is 11.4 Å². The first-order valence-electron chi connectivity index (χ1n) is 8.39. The summed E-state index contributed by atoms with van der Waals surface area (Å²) in [6.45, 7) is 4.25. The molecule has 5 nitrogen and oxygen atoms in total. The third-order valence-corrected chi connectivity index (χ3v) is 4.12. The van der Waals surface area contributed by atoms with Crippen molar-refractivity contribution in [2.24, 2.45) is 0 Å². The first-order valence-corrected chi connectivity index (χ1v) is 8.39. The van der Waals surface area contributed by atoms with Crippen LogP contribution in [0.3, 0.4) is 0 Å². The second-order valence-corrected chi connectivity index (χ2v) is 5.97. The number of aryl methyl sites for hydroxylation is 1. The van der Waals surface area contributed by atoms with Gasteiger partial charge in [0, 0.05) is 5.56 Å². The normalized spacial score (nSPS) is 11.9. The number of hydrogen-bond donors (Lipinski definition) is 1. The highest BCUT2D eigenvalue weighted by Crippen LogP contribution is 2.20. The monoisotopic (exact) mass is 335 g/mol. The quantitative estimate of drug-likeness (QED) is 0.743. The molecule has 1 atom stereocenters. The van der Waals surface area contributed by atoms with Gasteiger partial charge in [0.25, 0.3) is 0 Å². The molecule has 2 aromatic carbocycles. The Hall–Kier alpha value is -2.95. The molecule has 1 N–H and O–H groups in total. The summed E-state index contributed by atoms with van der Waals surface area (Å²) in [6.07, 6.45) is 0.730. The highest BCUT2D eigenvalue weighted by molar-refractivity contribution is 5.83. The van der Waals surface area contributed by atoms with Gasteiger partial charge in [0.2, 0.25) is 17.6 Å².